The number of thiazole rings is 1. The summed E-state index contributed by atoms with van der Waals surface area (Å²) < 4.78 is 11.1. The SMILES string of the molecule is CCOc1ccc(C2C(C(=O)c3sc(C)nc3C)=C(O)C(=O)N2CCCN(C)C)cc1OC. The number of carbonyl (C=O) groups is 2. The van der Waals surface area contributed by atoms with E-state index in [1.807, 2.05) is 32.8 Å². The lowest BCUT2D eigenvalue weighted by Gasteiger charge is -2.28. The van der Waals surface area contributed by atoms with Crippen molar-refractivity contribution in [3.05, 3.63) is 50.7 Å². The first-order chi connectivity index (χ1) is 15.7. The molecule has 0 bridgehead atoms. The smallest absolute Gasteiger partial charge is 0.290 e. The summed E-state index contributed by atoms with van der Waals surface area (Å²) in [6, 6.07) is 4.60. The molecule has 1 aromatic heterocycles. The monoisotopic (exact) mass is 473 g/mol. The van der Waals surface area contributed by atoms with Crippen LogP contribution in [0.5, 0.6) is 11.5 Å². The van der Waals surface area contributed by atoms with Gasteiger partial charge in [0.25, 0.3) is 5.91 Å². The molecule has 0 radical (unpaired) electrons. The van der Waals surface area contributed by atoms with E-state index in [0.717, 1.165) is 11.6 Å². The molecular formula is C24H31N3O5S. The fourth-order valence-electron chi connectivity index (χ4n) is 4.01. The topological polar surface area (TPSA) is 92.2 Å². The number of benzene rings is 1. The third kappa shape index (κ3) is 5.04. The molecule has 1 atom stereocenters. The maximum atomic E-state index is 13.6. The molecule has 178 valence electrons. The third-order valence-electron chi connectivity index (χ3n) is 5.47. The van der Waals surface area contributed by atoms with Gasteiger partial charge in [-0.25, -0.2) is 4.98 Å². The molecule has 0 saturated carbocycles. The molecule has 0 spiro atoms. The van der Waals surface area contributed by atoms with Gasteiger partial charge in [-0.05, 0) is 65.5 Å². The average molecular weight is 474 g/mol. The number of ether oxygens (including phenoxy) is 2. The van der Waals surface area contributed by atoms with Crippen molar-refractivity contribution >= 4 is 23.0 Å². The van der Waals surface area contributed by atoms with E-state index in [4.69, 9.17) is 9.47 Å². The molecule has 1 unspecified atom stereocenters. The summed E-state index contributed by atoms with van der Waals surface area (Å²) in [4.78, 5) is 35.1. The Hall–Kier alpha value is -2.91. The number of aliphatic hydroxyl groups is 1. The number of Topliss-reactive ketones (excluding diaryl/α,β-unsaturated/α-hetero) is 1. The predicted molar refractivity (Wildman–Crippen MR) is 127 cm³/mol. The minimum Gasteiger partial charge on any atom is -0.503 e. The fourth-order valence-corrected chi connectivity index (χ4v) is 4.89. The van der Waals surface area contributed by atoms with E-state index in [9.17, 15) is 14.7 Å². The van der Waals surface area contributed by atoms with Crippen molar-refractivity contribution in [2.45, 2.75) is 33.2 Å². The highest BCUT2D eigenvalue weighted by molar-refractivity contribution is 7.14. The van der Waals surface area contributed by atoms with E-state index in [2.05, 4.69) is 4.98 Å². The van der Waals surface area contributed by atoms with E-state index >= 15 is 0 Å². The van der Waals surface area contributed by atoms with Gasteiger partial charge in [0.05, 0.1) is 40.9 Å². The van der Waals surface area contributed by atoms with Crippen LogP contribution in [-0.2, 0) is 4.79 Å². The molecule has 1 aliphatic rings. The van der Waals surface area contributed by atoms with Crippen LogP contribution in [0.2, 0.25) is 0 Å². The number of hydrogen-bond acceptors (Lipinski definition) is 8. The summed E-state index contributed by atoms with van der Waals surface area (Å²) in [5, 5.41) is 11.6. The zero-order chi connectivity index (χ0) is 24.3. The minimum atomic E-state index is -0.737. The van der Waals surface area contributed by atoms with Gasteiger partial charge in [0.15, 0.2) is 17.3 Å². The van der Waals surface area contributed by atoms with Gasteiger partial charge >= 0.3 is 0 Å². The zero-order valence-electron chi connectivity index (χ0n) is 20.0. The number of aliphatic hydroxyl groups excluding tert-OH is 1. The van der Waals surface area contributed by atoms with Crippen molar-refractivity contribution in [2.75, 3.05) is 40.9 Å². The first-order valence-corrected chi connectivity index (χ1v) is 11.7. The van der Waals surface area contributed by atoms with Crippen molar-refractivity contribution in [3.8, 4) is 11.5 Å². The summed E-state index contributed by atoms with van der Waals surface area (Å²) in [7, 11) is 5.46. The summed E-state index contributed by atoms with van der Waals surface area (Å²) in [5.74, 6) is -0.362. The van der Waals surface area contributed by atoms with Gasteiger partial charge < -0.3 is 24.4 Å². The Bertz CT molecular complexity index is 1080. The van der Waals surface area contributed by atoms with Crippen molar-refractivity contribution in [1.82, 2.24) is 14.8 Å². The highest BCUT2D eigenvalue weighted by atomic mass is 32.1. The Balaban J connectivity index is 2.09. The molecule has 2 aromatic rings. The van der Waals surface area contributed by atoms with Crippen LogP contribution in [0.15, 0.2) is 29.5 Å². The summed E-state index contributed by atoms with van der Waals surface area (Å²) in [6.45, 7) is 7.09. The maximum Gasteiger partial charge on any atom is 0.290 e. The van der Waals surface area contributed by atoms with Gasteiger partial charge in [0.1, 0.15) is 0 Å². The molecule has 0 saturated heterocycles. The highest BCUT2D eigenvalue weighted by Gasteiger charge is 2.44. The second-order valence-corrected chi connectivity index (χ2v) is 9.34. The predicted octanol–water partition coefficient (Wildman–Crippen LogP) is 3.70. The number of rotatable bonds is 10. The number of methoxy groups -OCH3 is 1. The van der Waals surface area contributed by atoms with Crippen LogP contribution < -0.4 is 9.47 Å². The van der Waals surface area contributed by atoms with Crippen LogP contribution in [0.25, 0.3) is 0 Å². The normalized spacial score (nSPS) is 16.2. The molecule has 1 amide bonds. The third-order valence-corrected chi connectivity index (χ3v) is 6.54. The van der Waals surface area contributed by atoms with Gasteiger partial charge in [-0.15, -0.1) is 11.3 Å². The van der Waals surface area contributed by atoms with Gasteiger partial charge in [-0.2, -0.15) is 0 Å². The molecule has 9 heteroatoms. The zero-order valence-corrected chi connectivity index (χ0v) is 20.8. The van der Waals surface area contributed by atoms with Crippen molar-refractivity contribution < 1.29 is 24.2 Å². The molecule has 1 aliphatic heterocycles. The minimum absolute atomic E-state index is 0.0721. The van der Waals surface area contributed by atoms with Crippen molar-refractivity contribution in [3.63, 3.8) is 0 Å². The molecule has 0 fully saturated rings. The fraction of sp³-hybridized carbons (Fsp3) is 0.458. The lowest BCUT2D eigenvalue weighted by Crippen LogP contribution is -2.33. The van der Waals surface area contributed by atoms with E-state index in [0.29, 0.717) is 47.2 Å². The molecule has 1 N–H and O–H groups in total. The maximum absolute atomic E-state index is 13.6. The van der Waals surface area contributed by atoms with Crippen LogP contribution in [0.3, 0.4) is 0 Å². The number of nitrogens with zero attached hydrogens (tertiary/aromatic N) is 3. The molecule has 33 heavy (non-hydrogen) atoms. The van der Waals surface area contributed by atoms with Crippen LogP contribution in [0, 0.1) is 13.8 Å². The quantitative estimate of drug-likeness (QED) is 0.526. The number of amides is 1. The van der Waals surface area contributed by atoms with Crippen LogP contribution in [0.4, 0.5) is 0 Å². The first kappa shape index (κ1) is 24.7. The molecular weight excluding hydrogens is 442 g/mol. The Morgan fingerprint density at radius 3 is 2.58 bits per heavy atom. The van der Waals surface area contributed by atoms with Crippen molar-refractivity contribution in [2.24, 2.45) is 0 Å². The van der Waals surface area contributed by atoms with Gasteiger partial charge in [0.2, 0.25) is 5.78 Å². The number of hydrogen-bond donors (Lipinski definition) is 1. The Morgan fingerprint density at radius 1 is 1.27 bits per heavy atom. The lowest BCUT2D eigenvalue weighted by molar-refractivity contribution is -0.129. The molecule has 2 heterocycles. The Labute approximate surface area is 198 Å². The summed E-state index contributed by atoms with van der Waals surface area (Å²) in [6.07, 6.45) is 0.691. The summed E-state index contributed by atoms with van der Waals surface area (Å²) >= 11 is 1.26. The van der Waals surface area contributed by atoms with Crippen molar-refractivity contribution in [1.29, 1.82) is 0 Å². The van der Waals surface area contributed by atoms with E-state index < -0.39 is 17.7 Å². The molecule has 0 aliphatic carbocycles. The number of aryl methyl sites for hydroxylation is 2. The van der Waals surface area contributed by atoms with E-state index in [1.165, 1.54) is 11.3 Å². The van der Waals surface area contributed by atoms with Gasteiger partial charge in [-0.1, -0.05) is 6.07 Å². The number of aromatic nitrogens is 1. The summed E-state index contributed by atoms with van der Waals surface area (Å²) in [5.41, 5.74) is 1.33. The van der Waals surface area contributed by atoms with Crippen LogP contribution in [-0.4, -0.2) is 72.5 Å². The van der Waals surface area contributed by atoms with E-state index in [-0.39, 0.29) is 11.4 Å². The second kappa shape index (κ2) is 10.4. The Kier molecular flexibility index (Phi) is 7.76. The number of carbonyl (C=O) groups excluding carboxylic acids is 2. The molecule has 3 rings (SSSR count). The molecule has 1 aromatic carbocycles. The average Bonchev–Trinajstić information content (AvgIpc) is 3.24. The second-order valence-electron chi connectivity index (χ2n) is 8.14. The number of ketones is 1. The largest absolute Gasteiger partial charge is 0.503 e. The van der Waals surface area contributed by atoms with Gasteiger partial charge in [-0.3, -0.25) is 9.59 Å². The Morgan fingerprint density at radius 2 is 2.00 bits per heavy atom. The van der Waals surface area contributed by atoms with Gasteiger partial charge in [0, 0.05) is 6.54 Å². The first-order valence-electron chi connectivity index (χ1n) is 10.9. The lowest BCUT2D eigenvalue weighted by atomic mass is 9.94. The van der Waals surface area contributed by atoms with E-state index in [1.54, 1.807) is 37.1 Å². The standard InChI is InChI=1S/C24H31N3O5S/c1-7-32-17-10-9-16(13-18(17)31-6)20-19(21(28)23-14(2)25-15(3)33-23)22(29)24(30)27(20)12-8-11-26(4)5/h9-10,13,20,29H,7-8,11-12H2,1-6H3. The van der Waals surface area contributed by atoms with Crippen LogP contribution in [0.1, 0.15) is 45.3 Å². The molecule has 8 nitrogen and oxygen atoms in total. The van der Waals surface area contributed by atoms with Crippen LogP contribution >= 0.6 is 11.3 Å². The highest BCUT2D eigenvalue weighted by Crippen LogP contribution is 2.42.